The molecule has 2 rings (SSSR count). The topological polar surface area (TPSA) is 77.5 Å². The molecule has 106 valence electrons. The zero-order chi connectivity index (χ0) is 14.5. The van der Waals surface area contributed by atoms with E-state index in [1.54, 1.807) is 12.1 Å². The summed E-state index contributed by atoms with van der Waals surface area (Å²) in [5, 5.41) is 3.12. The maximum Gasteiger partial charge on any atom is 0.250 e. The summed E-state index contributed by atoms with van der Waals surface area (Å²) in [5.41, 5.74) is 6.31. The maximum atomic E-state index is 11.7. The number of anilines is 2. The number of nitrogen functional groups attached to an aromatic ring is 1. The van der Waals surface area contributed by atoms with Crippen molar-refractivity contribution >= 4 is 40.5 Å². The molecule has 3 N–H and O–H groups in total. The standard InChI is InChI=1S/C13H12Cl2N2O3/c14-10-4-8(16)5-11(15)13(10)17-12(18)7-19-6-9-2-1-3-20-9/h1-5H,6-7,16H2,(H,17,18). The first-order valence-corrected chi connectivity index (χ1v) is 6.46. The van der Waals surface area contributed by atoms with Crippen molar-refractivity contribution in [2.75, 3.05) is 17.7 Å². The van der Waals surface area contributed by atoms with Crippen LogP contribution in [0.25, 0.3) is 0 Å². The molecule has 0 aliphatic rings. The Kier molecular flexibility index (Phi) is 4.89. The van der Waals surface area contributed by atoms with Crippen LogP contribution in [0.4, 0.5) is 11.4 Å². The fraction of sp³-hybridized carbons (Fsp3) is 0.154. The van der Waals surface area contributed by atoms with Crippen molar-refractivity contribution in [3.8, 4) is 0 Å². The quantitative estimate of drug-likeness (QED) is 0.830. The van der Waals surface area contributed by atoms with E-state index in [0.29, 0.717) is 17.1 Å². The Balaban J connectivity index is 1.88. The molecule has 0 unspecified atom stereocenters. The van der Waals surface area contributed by atoms with Crippen LogP contribution in [0.5, 0.6) is 0 Å². The monoisotopic (exact) mass is 314 g/mol. The second-order valence-electron chi connectivity index (χ2n) is 3.98. The number of halogens is 2. The van der Waals surface area contributed by atoms with E-state index in [4.69, 9.17) is 38.1 Å². The van der Waals surface area contributed by atoms with Gasteiger partial charge in [0.2, 0.25) is 5.91 Å². The van der Waals surface area contributed by atoms with Crippen LogP contribution >= 0.6 is 23.2 Å². The minimum Gasteiger partial charge on any atom is -0.467 e. The molecule has 1 heterocycles. The number of furan rings is 1. The zero-order valence-corrected chi connectivity index (χ0v) is 11.9. The van der Waals surface area contributed by atoms with Gasteiger partial charge in [0.15, 0.2) is 0 Å². The van der Waals surface area contributed by atoms with Crippen LogP contribution in [0.3, 0.4) is 0 Å². The van der Waals surface area contributed by atoms with Gasteiger partial charge in [-0.15, -0.1) is 0 Å². The van der Waals surface area contributed by atoms with Gasteiger partial charge in [-0.2, -0.15) is 0 Å². The van der Waals surface area contributed by atoms with Gasteiger partial charge in [0.1, 0.15) is 19.0 Å². The fourth-order valence-electron chi connectivity index (χ4n) is 1.53. The van der Waals surface area contributed by atoms with Gasteiger partial charge in [0, 0.05) is 5.69 Å². The lowest BCUT2D eigenvalue weighted by Crippen LogP contribution is -2.18. The largest absolute Gasteiger partial charge is 0.467 e. The van der Waals surface area contributed by atoms with Crippen LogP contribution in [0, 0.1) is 0 Å². The summed E-state index contributed by atoms with van der Waals surface area (Å²) < 4.78 is 10.3. The molecule has 0 bridgehead atoms. The molecule has 20 heavy (non-hydrogen) atoms. The lowest BCUT2D eigenvalue weighted by atomic mass is 10.3. The molecule has 0 saturated heterocycles. The number of hydrogen-bond acceptors (Lipinski definition) is 4. The number of carbonyl (C=O) groups is 1. The molecule has 2 aromatic rings. The highest BCUT2D eigenvalue weighted by atomic mass is 35.5. The molecule has 0 spiro atoms. The van der Waals surface area contributed by atoms with Crippen LogP contribution in [0.15, 0.2) is 34.9 Å². The van der Waals surface area contributed by atoms with Crippen molar-refractivity contribution in [3.05, 3.63) is 46.3 Å². The average molecular weight is 315 g/mol. The molecule has 0 radical (unpaired) electrons. The third-order valence-corrected chi connectivity index (χ3v) is 2.98. The van der Waals surface area contributed by atoms with Gasteiger partial charge < -0.3 is 20.2 Å². The lowest BCUT2D eigenvalue weighted by molar-refractivity contribution is -0.121. The highest BCUT2D eigenvalue weighted by molar-refractivity contribution is 6.40. The van der Waals surface area contributed by atoms with E-state index in [9.17, 15) is 4.79 Å². The number of amides is 1. The van der Waals surface area contributed by atoms with Gasteiger partial charge in [0.25, 0.3) is 0 Å². The van der Waals surface area contributed by atoms with Crippen molar-refractivity contribution < 1.29 is 13.9 Å². The number of nitrogens with one attached hydrogen (secondary N) is 1. The number of hydrogen-bond donors (Lipinski definition) is 2. The first kappa shape index (κ1) is 14.7. The van der Waals surface area contributed by atoms with Crippen molar-refractivity contribution in [1.29, 1.82) is 0 Å². The molecular formula is C13H12Cl2N2O3. The Bertz CT molecular complexity index is 577. The van der Waals surface area contributed by atoms with Gasteiger partial charge in [-0.3, -0.25) is 4.79 Å². The van der Waals surface area contributed by atoms with E-state index < -0.39 is 0 Å². The normalized spacial score (nSPS) is 10.5. The highest BCUT2D eigenvalue weighted by Gasteiger charge is 2.11. The predicted molar refractivity (Wildman–Crippen MR) is 77.9 cm³/mol. The Morgan fingerprint density at radius 1 is 1.35 bits per heavy atom. The molecule has 0 saturated carbocycles. The van der Waals surface area contributed by atoms with E-state index in [0.717, 1.165) is 0 Å². The lowest BCUT2D eigenvalue weighted by Gasteiger charge is -2.10. The van der Waals surface area contributed by atoms with Crippen LogP contribution in [0.1, 0.15) is 5.76 Å². The minimum absolute atomic E-state index is 0.141. The SMILES string of the molecule is Nc1cc(Cl)c(NC(=O)COCc2ccco2)c(Cl)c1. The van der Waals surface area contributed by atoms with E-state index >= 15 is 0 Å². The van der Waals surface area contributed by atoms with Crippen LogP contribution in [-0.4, -0.2) is 12.5 Å². The zero-order valence-electron chi connectivity index (χ0n) is 10.4. The Hall–Kier alpha value is -1.69. The van der Waals surface area contributed by atoms with Crippen molar-refractivity contribution in [3.63, 3.8) is 0 Å². The number of benzene rings is 1. The molecule has 0 aliphatic carbocycles. The summed E-state index contributed by atoms with van der Waals surface area (Å²) >= 11 is 11.9. The number of rotatable bonds is 5. The number of nitrogens with two attached hydrogens (primary N) is 1. The predicted octanol–water partition coefficient (Wildman–Crippen LogP) is 3.32. The Labute approximate surface area is 125 Å². The molecule has 1 aromatic carbocycles. The summed E-state index contributed by atoms with van der Waals surface area (Å²) in [4.78, 5) is 11.7. The summed E-state index contributed by atoms with van der Waals surface area (Å²) in [7, 11) is 0. The average Bonchev–Trinajstić information content (AvgIpc) is 2.87. The van der Waals surface area contributed by atoms with Gasteiger partial charge in [-0.05, 0) is 24.3 Å². The summed E-state index contributed by atoms with van der Waals surface area (Å²) in [6.07, 6.45) is 1.53. The van der Waals surface area contributed by atoms with Gasteiger partial charge in [-0.25, -0.2) is 0 Å². The summed E-state index contributed by atoms with van der Waals surface area (Å²) in [6, 6.07) is 6.51. The van der Waals surface area contributed by atoms with Gasteiger partial charge in [-0.1, -0.05) is 23.2 Å². The summed E-state index contributed by atoms with van der Waals surface area (Å²) in [6.45, 7) is 0.0708. The van der Waals surface area contributed by atoms with Gasteiger partial charge in [0.05, 0.1) is 22.0 Å². The smallest absolute Gasteiger partial charge is 0.250 e. The molecule has 0 atom stereocenters. The third-order valence-electron chi connectivity index (χ3n) is 2.39. The molecule has 1 amide bonds. The highest BCUT2D eigenvalue weighted by Crippen LogP contribution is 2.32. The minimum atomic E-state index is -0.370. The van der Waals surface area contributed by atoms with Crippen LogP contribution in [0.2, 0.25) is 10.0 Å². The molecule has 5 nitrogen and oxygen atoms in total. The first-order valence-electron chi connectivity index (χ1n) is 5.71. The number of ether oxygens (including phenoxy) is 1. The van der Waals surface area contributed by atoms with E-state index in [2.05, 4.69) is 5.32 Å². The Morgan fingerprint density at radius 3 is 2.65 bits per heavy atom. The van der Waals surface area contributed by atoms with E-state index in [1.165, 1.54) is 18.4 Å². The van der Waals surface area contributed by atoms with Gasteiger partial charge >= 0.3 is 0 Å². The molecule has 0 aliphatic heterocycles. The van der Waals surface area contributed by atoms with Crippen molar-refractivity contribution in [2.45, 2.75) is 6.61 Å². The molecule has 7 heteroatoms. The second-order valence-corrected chi connectivity index (χ2v) is 4.79. The molecule has 1 aromatic heterocycles. The van der Waals surface area contributed by atoms with E-state index in [-0.39, 0.29) is 29.2 Å². The Morgan fingerprint density at radius 2 is 2.05 bits per heavy atom. The maximum absolute atomic E-state index is 11.7. The van der Waals surface area contributed by atoms with Crippen molar-refractivity contribution in [2.24, 2.45) is 0 Å². The first-order chi connectivity index (χ1) is 9.56. The van der Waals surface area contributed by atoms with Crippen LogP contribution < -0.4 is 11.1 Å². The third kappa shape index (κ3) is 3.90. The molecule has 0 fully saturated rings. The van der Waals surface area contributed by atoms with E-state index in [1.807, 2.05) is 0 Å². The van der Waals surface area contributed by atoms with Crippen molar-refractivity contribution in [1.82, 2.24) is 0 Å². The second kappa shape index (κ2) is 6.65. The molecular weight excluding hydrogens is 303 g/mol. The van der Waals surface area contributed by atoms with Crippen LogP contribution in [-0.2, 0) is 16.1 Å². The summed E-state index contributed by atoms with van der Waals surface area (Å²) in [5.74, 6) is 0.270. The fourth-order valence-corrected chi connectivity index (χ4v) is 2.13. The number of carbonyl (C=O) groups excluding carboxylic acids is 1.